The molecule has 0 N–H and O–H groups in total. The molecule has 1 amide bonds. The lowest BCUT2D eigenvalue weighted by Gasteiger charge is -2.48. The lowest BCUT2D eigenvalue weighted by molar-refractivity contribution is -0.109. The number of carbonyl (C=O) groups excluding carboxylic acids is 2. The van der Waals surface area contributed by atoms with Gasteiger partial charge in [0, 0.05) is 32.4 Å². The molecule has 10 heteroatoms. The summed E-state index contributed by atoms with van der Waals surface area (Å²) in [6, 6.07) is 0.186. The summed E-state index contributed by atoms with van der Waals surface area (Å²) in [6.45, 7) is 4.40. The Hall–Kier alpha value is -3.01. The zero-order valence-corrected chi connectivity index (χ0v) is 19.3. The highest BCUT2D eigenvalue weighted by molar-refractivity contribution is 5.93. The maximum atomic E-state index is 12.8. The zero-order chi connectivity index (χ0) is 22.9. The second kappa shape index (κ2) is 9.09. The second-order valence-electron chi connectivity index (χ2n) is 9.02. The fourth-order valence-electron chi connectivity index (χ4n) is 5.38. The summed E-state index contributed by atoms with van der Waals surface area (Å²) in [7, 11) is 1.93. The van der Waals surface area contributed by atoms with Gasteiger partial charge < -0.3 is 24.2 Å². The normalized spacial score (nSPS) is 23.6. The number of amides is 1. The van der Waals surface area contributed by atoms with Crippen LogP contribution in [0, 0.1) is 0 Å². The molecule has 2 unspecified atom stereocenters. The predicted octanol–water partition coefficient (Wildman–Crippen LogP) is 1.68. The number of hydrogen-bond acceptors (Lipinski definition) is 8. The first-order valence-electron chi connectivity index (χ1n) is 11.9. The molecular weight excluding hydrogens is 422 g/mol. The van der Waals surface area contributed by atoms with Gasteiger partial charge >= 0.3 is 0 Å². The van der Waals surface area contributed by atoms with Crippen molar-refractivity contribution in [3.8, 4) is 5.95 Å². The van der Waals surface area contributed by atoms with E-state index in [1.807, 2.05) is 11.9 Å². The van der Waals surface area contributed by atoms with Gasteiger partial charge in [-0.3, -0.25) is 4.79 Å². The SMILES string of the molecule is CCC1C(C=O)N(C)c2cnc(-n3cc(C(=O)N4CCOCC4)cn3)nc2N1C1CCCC1. The van der Waals surface area contributed by atoms with E-state index in [2.05, 4.69) is 21.9 Å². The van der Waals surface area contributed by atoms with Gasteiger partial charge in [0.25, 0.3) is 11.9 Å². The Morgan fingerprint density at radius 2 is 1.97 bits per heavy atom. The van der Waals surface area contributed by atoms with E-state index in [0.717, 1.165) is 37.1 Å². The number of aldehydes is 1. The van der Waals surface area contributed by atoms with E-state index in [1.165, 1.54) is 12.8 Å². The molecule has 0 aromatic carbocycles. The minimum atomic E-state index is -0.236. The molecule has 2 fully saturated rings. The second-order valence-corrected chi connectivity index (χ2v) is 9.02. The van der Waals surface area contributed by atoms with Crippen LogP contribution >= 0.6 is 0 Å². The average Bonchev–Trinajstić information content (AvgIpc) is 3.56. The Kier molecular flexibility index (Phi) is 6.01. The largest absolute Gasteiger partial charge is 0.378 e. The van der Waals surface area contributed by atoms with Crippen molar-refractivity contribution in [1.82, 2.24) is 24.6 Å². The number of hydrogen-bond donors (Lipinski definition) is 0. The van der Waals surface area contributed by atoms with E-state index in [4.69, 9.17) is 9.72 Å². The molecule has 2 aliphatic heterocycles. The van der Waals surface area contributed by atoms with Crippen molar-refractivity contribution in [2.24, 2.45) is 0 Å². The zero-order valence-electron chi connectivity index (χ0n) is 19.3. The van der Waals surface area contributed by atoms with E-state index in [0.29, 0.717) is 43.9 Å². The van der Waals surface area contributed by atoms with Gasteiger partial charge in [0.1, 0.15) is 12.3 Å². The molecule has 4 heterocycles. The van der Waals surface area contributed by atoms with Gasteiger partial charge in [0.15, 0.2) is 5.82 Å². The monoisotopic (exact) mass is 453 g/mol. The Labute approximate surface area is 193 Å². The Bertz CT molecular complexity index is 1010. The van der Waals surface area contributed by atoms with Gasteiger partial charge in [-0.2, -0.15) is 10.1 Å². The number of nitrogens with zero attached hydrogens (tertiary/aromatic N) is 7. The summed E-state index contributed by atoms with van der Waals surface area (Å²) in [5, 5.41) is 4.39. The first-order chi connectivity index (χ1) is 16.1. The highest BCUT2D eigenvalue weighted by Gasteiger charge is 2.41. The smallest absolute Gasteiger partial charge is 0.257 e. The number of rotatable bonds is 5. The third kappa shape index (κ3) is 3.86. The molecular formula is C23H31N7O3. The van der Waals surface area contributed by atoms with Crippen LogP contribution in [-0.2, 0) is 9.53 Å². The lowest BCUT2D eigenvalue weighted by atomic mass is 9.97. The maximum absolute atomic E-state index is 12.8. The van der Waals surface area contributed by atoms with Gasteiger partial charge in [0.05, 0.1) is 42.9 Å². The molecule has 1 saturated carbocycles. The summed E-state index contributed by atoms with van der Waals surface area (Å²) in [5.74, 6) is 1.20. The van der Waals surface area contributed by atoms with Crippen molar-refractivity contribution >= 4 is 23.7 Å². The van der Waals surface area contributed by atoms with Crippen LogP contribution in [-0.4, -0.2) is 88.3 Å². The van der Waals surface area contributed by atoms with E-state index < -0.39 is 0 Å². The average molecular weight is 454 g/mol. The van der Waals surface area contributed by atoms with Crippen molar-refractivity contribution in [1.29, 1.82) is 0 Å². The number of morpholine rings is 1. The number of anilines is 2. The minimum absolute atomic E-state index is 0.0573. The van der Waals surface area contributed by atoms with Crippen molar-refractivity contribution in [2.45, 2.75) is 57.2 Å². The van der Waals surface area contributed by atoms with Gasteiger partial charge in [-0.25, -0.2) is 9.67 Å². The molecule has 2 aromatic heterocycles. The summed E-state index contributed by atoms with van der Waals surface area (Å²) >= 11 is 0. The van der Waals surface area contributed by atoms with Crippen LogP contribution in [0.5, 0.6) is 0 Å². The van der Waals surface area contributed by atoms with Crippen LogP contribution in [0.3, 0.4) is 0 Å². The topological polar surface area (TPSA) is 96.7 Å². The van der Waals surface area contributed by atoms with Crippen LogP contribution in [0.2, 0.25) is 0 Å². The van der Waals surface area contributed by atoms with E-state index in [-0.39, 0.29) is 18.0 Å². The van der Waals surface area contributed by atoms with Crippen LogP contribution in [0.25, 0.3) is 5.95 Å². The number of carbonyl (C=O) groups is 2. The molecule has 176 valence electrons. The Morgan fingerprint density at radius 1 is 1.21 bits per heavy atom. The van der Waals surface area contributed by atoms with Crippen LogP contribution in [0.15, 0.2) is 18.6 Å². The number of fused-ring (bicyclic) bond motifs is 1. The van der Waals surface area contributed by atoms with Crippen LogP contribution in [0.1, 0.15) is 49.4 Å². The Morgan fingerprint density at radius 3 is 2.67 bits per heavy atom. The van der Waals surface area contributed by atoms with Crippen molar-refractivity contribution < 1.29 is 14.3 Å². The van der Waals surface area contributed by atoms with E-state index in [9.17, 15) is 9.59 Å². The third-order valence-corrected chi connectivity index (χ3v) is 7.17. The van der Waals surface area contributed by atoms with Crippen LogP contribution in [0.4, 0.5) is 11.5 Å². The molecule has 10 nitrogen and oxygen atoms in total. The van der Waals surface area contributed by atoms with E-state index in [1.54, 1.807) is 28.2 Å². The van der Waals surface area contributed by atoms with Gasteiger partial charge in [-0.1, -0.05) is 19.8 Å². The van der Waals surface area contributed by atoms with Gasteiger partial charge in [0.2, 0.25) is 0 Å². The summed E-state index contributed by atoms with van der Waals surface area (Å²) < 4.78 is 6.91. The molecule has 2 aromatic rings. The maximum Gasteiger partial charge on any atom is 0.257 e. The minimum Gasteiger partial charge on any atom is -0.378 e. The summed E-state index contributed by atoms with van der Waals surface area (Å²) in [6.07, 6.45) is 11.5. The molecule has 0 spiro atoms. The quantitative estimate of drug-likeness (QED) is 0.631. The first-order valence-corrected chi connectivity index (χ1v) is 11.9. The predicted molar refractivity (Wildman–Crippen MR) is 123 cm³/mol. The standard InChI is InChI=1S/C23H31N7O3/c1-3-18-20(15-31)27(2)19-13-24-23(26-21(19)30(18)17-6-4-5-7-17)29-14-16(12-25-29)22(32)28-8-10-33-11-9-28/h12-15,17-18,20H,3-11H2,1-2H3. The fraction of sp³-hybridized carbons (Fsp3) is 0.609. The summed E-state index contributed by atoms with van der Waals surface area (Å²) in [5.41, 5.74) is 1.36. The first kappa shape index (κ1) is 21.8. The highest BCUT2D eigenvalue weighted by atomic mass is 16.5. The fourth-order valence-corrected chi connectivity index (χ4v) is 5.38. The molecule has 0 radical (unpaired) electrons. The number of ether oxygens (including phenoxy) is 1. The lowest BCUT2D eigenvalue weighted by Crippen LogP contribution is -2.58. The van der Waals surface area contributed by atoms with Crippen molar-refractivity contribution in [3.63, 3.8) is 0 Å². The molecule has 0 bridgehead atoms. The molecule has 1 aliphatic carbocycles. The Balaban J connectivity index is 1.49. The number of likely N-dealkylation sites (N-methyl/N-ethyl adjacent to an activating group) is 1. The van der Waals surface area contributed by atoms with Gasteiger partial charge in [-0.05, 0) is 19.3 Å². The van der Waals surface area contributed by atoms with Crippen LogP contribution < -0.4 is 9.80 Å². The summed E-state index contributed by atoms with van der Waals surface area (Å²) in [4.78, 5) is 40.4. The molecule has 1 saturated heterocycles. The molecule has 3 aliphatic rings. The third-order valence-electron chi connectivity index (χ3n) is 7.17. The van der Waals surface area contributed by atoms with Crippen molar-refractivity contribution in [2.75, 3.05) is 43.2 Å². The van der Waals surface area contributed by atoms with Crippen molar-refractivity contribution in [3.05, 3.63) is 24.2 Å². The molecule has 2 atom stereocenters. The molecule has 33 heavy (non-hydrogen) atoms. The highest BCUT2D eigenvalue weighted by Crippen LogP contribution is 2.41. The number of aromatic nitrogens is 4. The van der Waals surface area contributed by atoms with E-state index >= 15 is 0 Å². The van der Waals surface area contributed by atoms with Gasteiger partial charge in [-0.15, -0.1) is 0 Å². The molecule has 5 rings (SSSR count).